The fourth-order valence-electron chi connectivity index (χ4n) is 3.15. The summed E-state index contributed by atoms with van der Waals surface area (Å²) in [5.41, 5.74) is 6.76. The van der Waals surface area contributed by atoms with Gasteiger partial charge in [-0.3, -0.25) is 4.57 Å². The van der Waals surface area contributed by atoms with E-state index < -0.39 is 0 Å². The van der Waals surface area contributed by atoms with Crippen LogP contribution in [-0.4, -0.2) is 39.3 Å². The number of fused-ring (bicyclic) bond motifs is 1. The fourth-order valence-corrected chi connectivity index (χ4v) is 3.15. The van der Waals surface area contributed by atoms with Gasteiger partial charge in [-0.2, -0.15) is 9.97 Å². The van der Waals surface area contributed by atoms with Crippen molar-refractivity contribution < 1.29 is 9.47 Å². The highest BCUT2D eigenvalue weighted by Gasteiger charge is 2.22. The summed E-state index contributed by atoms with van der Waals surface area (Å²) in [6.07, 6.45) is 5.52. The Hall–Kier alpha value is -2.09. The number of rotatable bonds is 7. The molecule has 4 rings (SSSR count). The van der Waals surface area contributed by atoms with Gasteiger partial charge in [0.25, 0.3) is 0 Å². The van der Waals surface area contributed by atoms with Gasteiger partial charge in [-0.15, -0.1) is 0 Å². The van der Waals surface area contributed by atoms with Crippen molar-refractivity contribution in [1.82, 2.24) is 19.5 Å². The number of nitrogens with one attached hydrogen (secondary N) is 1. The summed E-state index contributed by atoms with van der Waals surface area (Å²) in [6.45, 7) is 2.75. The minimum absolute atomic E-state index is 0.208. The van der Waals surface area contributed by atoms with Gasteiger partial charge in [0.05, 0.1) is 6.61 Å². The van der Waals surface area contributed by atoms with E-state index in [0.29, 0.717) is 30.2 Å². The van der Waals surface area contributed by atoms with Gasteiger partial charge in [0.15, 0.2) is 11.5 Å². The number of nitrogens with zero attached hydrogens (tertiary/aromatic N) is 3. The maximum absolute atomic E-state index is 12.2. The van der Waals surface area contributed by atoms with E-state index in [9.17, 15) is 4.79 Å². The van der Waals surface area contributed by atoms with Crippen molar-refractivity contribution in [3.8, 4) is 6.01 Å². The van der Waals surface area contributed by atoms with Gasteiger partial charge in [0.2, 0.25) is 0 Å². The number of nitrogen functional groups attached to an aromatic ring is 1. The number of anilines is 1. The molecule has 2 aromatic heterocycles. The smallest absolute Gasteiger partial charge is 0.327 e. The molecule has 1 saturated carbocycles. The van der Waals surface area contributed by atoms with E-state index in [-0.39, 0.29) is 17.5 Å². The van der Waals surface area contributed by atoms with Gasteiger partial charge in [0.1, 0.15) is 5.52 Å². The molecule has 3 heterocycles. The van der Waals surface area contributed by atoms with Crippen LogP contribution >= 0.6 is 0 Å². The third-order valence-electron chi connectivity index (χ3n) is 4.87. The molecule has 130 valence electrons. The summed E-state index contributed by atoms with van der Waals surface area (Å²) < 4.78 is 12.7. The molecule has 1 aliphatic heterocycles. The summed E-state index contributed by atoms with van der Waals surface area (Å²) in [4.78, 5) is 23.5. The first-order valence-electron chi connectivity index (χ1n) is 8.67. The van der Waals surface area contributed by atoms with E-state index in [1.807, 2.05) is 0 Å². The van der Waals surface area contributed by atoms with E-state index in [1.165, 1.54) is 12.8 Å². The number of nitrogens with two attached hydrogens (primary N) is 1. The highest BCUT2D eigenvalue weighted by atomic mass is 16.5. The number of ether oxygens (including phenoxy) is 2. The quantitative estimate of drug-likeness (QED) is 0.791. The monoisotopic (exact) mass is 333 g/mol. The first kappa shape index (κ1) is 15.4. The number of imidazole rings is 1. The predicted octanol–water partition coefficient (Wildman–Crippen LogP) is 1.31. The van der Waals surface area contributed by atoms with Crippen LogP contribution in [0.1, 0.15) is 32.1 Å². The molecule has 1 saturated heterocycles. The van der Waals surface area contributed by atoms with Crippen molar-refractivity contribution in [3.05, 3.63) is 10.5 Å². The van der Waals surface area contributed by atoms with Gasteiger partial charge >= 0.3 is 11.7 Å². The largest absolute Gasteiger partial charge is 0.463 e. The van der Waals surface area contributed by atoms with Crippen molar-refractivity contribution in [2.75, 3.05) is 25.6 Å². The summed E-state index contributed by atoms with van der Waals surface area (Å²) in [7, 11) is 0. The molecule has 24 heavy (non-hydrogen) atoms. The molecule has 2 fully saturated rings. The molecule has 0 spiro atoms. The topological polar surface area (TPSA) is 108 Å². The number of hydrogen-bond donors (Lipinski definition) is 2. The fraction of sp³-hybridized carbons (Fsp3) is 0.688. The molecule has 1 atom stereocenters. The van der Waals surface area contributed by atoms with E-state index in [2.05, 4.69) is 15.0 Å². The van der Waals surface area contributed by atoms with Crippen LogP contribution < -0.4 is 16.2 Å². The third kappa shape index (κ3) is 3.24. The summed E-state index contributed by atoms with van der Waals surface area (Å²) >= 11 is 0. The van der Waals surface area contributed by atoms with Crippen LogP contribution in [0.15, 0.2) is 4.79 Å². The van der Waals surface area contributed by atoms with Crippen LogP contribution in [0.2, 0.25) is 0 Å². The normalized spacial score (nSPS) is 20.8. The summed E-state index contributed by atoms with van der Waals surface area (Å²) in [5.74, 6) is 1.53. The molecule has 2 aromatic rings. The molecule has 0 bridgehead atoms. The van der Waals surface area contributed by atoms with Crippen molar-refractivity contribution in [2.45, 2.75) is 38.6 Å². The summed E-state index contributed by atoms with van der Waals surface area (Å²) in [6, 6.07) is 0.248. The molecule has 8 heteroatoms. The second kappa shape index (κ2) is 6.43. The number of aryl methyl sites for hydroxylation is 1. The first-order chi connectivity index (χ1) is 11.7. The van der Waals surface area contributed by atoms with Crippen LogP contribution in [-0.2, 0) is 11.3 Å². The van der Waals surface area contributed by atoms with Crippen molar-refractivity contribution in [3.63, 3.8) is 0 Å². The Balaban J connectivity index is 1.53. The zero-order chi connectivity index (χ0) is 16.5. The zero-order valence-electron chi connectivity index (χ0n) is 13.7. The Kier molecular flexibility index (Phi) is 4.13. The molecule has 1 aliphatic carbocycles. The van der Waals surface area contributed by atoms with Crippen molar-refractivity contribution >= 4 is 17.0 Å². The van der Waals surface area contributed by atoms with Crippen LogP contribution in [0.3, 0.4) is 0 Å². The van der Waals surface area contributed by atoms with Gasteiger partial charge in [-0.05, 0) is 31.1 Å². The van der Waals surface area contributed by atoms with E-state index in [4.69, 9.17) is 15.2 Å². The number of H-pyrrole nitrogens is 1. The van der Waals surface area contributed by atoms with E-state index in [1.54, 1.807) is 4.57 Å². The predicted molar refractivity (Wildman–Crippen MR) is 88.9 cm³/mol. The van der Waals surface area contributed by atoms with Crippen LogP contribution in [0.25, 0.3) is 11.2 Å². The average molecular weight is 333 g/mol. The molecule has 2 aliphatic rings. The third-order valence-corrected chi connectivity index (χ3v) is 4.87. The number of aromatic nitrogens is 4. The second-order valence-corrected chi connectivity index (χ2v) is 6.77. The molecular weight excluding hydrogens is 310 g/mol. The maximum atomic E-state index is 12.2. The molecular formula is C16H23N5O3. The zero-order valence-corrected chi connectivity index (χ0v) is 13.7. The lowest BCUT2D eigenvalue weighted by atomic mass is 10.1. The standard InChI is InChI=1S/C16H23N5O3/c17-13-12-14(20-15(19-13)24-8-5-10-1-2-10)21(16(22)18-12)6-3-11-4-7-23-9-11/h10-11H,1-9H2,(H,18,22)(H2,17,19,20)/t11-/m1/s1. The molecule has 0 aromatic carbocycles. The molecule has 3 N–H and O–H groups in total. The van der Waals surface area contributed by atoms with E-state index in [0.717, 1.165) is 38.4 Å². The van der Waals surface area contributed by atoms with Crippen LogP contribution in [0.5, 0.6) is 6.01 Å². The molecule has 0 radical (unpaired) electrons. The Morgan fingerprint density at radius 3 is 2.88 bits per heavy atom. The average Bonchev–Trinajstić information content (AvgIpc) is 3.12. The molecule has 0 amide bonds. The van der Waals surface area contributed by atoms with E-state index >= 15 is 0 Å². The van der Waals surface area contributed by atoms with Gasteiger partial charge in [-0.25, -0.2) is 4.79 Å². The minimum Gasteiger partial charge on any atom is -0.463 e. The number of hydrogen-bond acceptors (Lipinski definition) is 6. The Bertz CT molecular complexity index is 774. The Morgan fingerprint density at radius 1 is 1.25 bits per heavy atom. The lowest BCUT2D eigenvalue weighted by Crippen LogP contribution is -2.19. The maximum Gasteiger partial charge on any atom is 0.327 e. The van der Waals surface area contributed by atoms with Crippen molar-refractivity contribution in [1.29, 1.82) is 0 Å². The van der Waals surface area contributed by atoms with Crippen molar-refractivity contribution in [2.24, 2.45) is 11.8 Å². The lowest BCUT2D eigenvalue weighted by Gasteiger charge is -2.09. The Labute approximate surface area is 139 Å². The highest BCUT2D eigenvalue weighted by Crippen LogP contribution is 2.32. The van der Waals surface area contributed by atoms with Gasteiger partial charge in [-0.1, -0.05) is 12.8 Å². The minimum atomic E-state index is -0.208. The SMILES string of the molecule is Nc1nc(OCCC2CC2)nc2c1[nH]c(=O)n2CC[C@@H]1CCOC1. The van der Waals surface area contributed by atoms with Gasteiger partial charge < -0.3 is 20.2 Å². The highest BCUT2D eigenvalue weighted by molar-refractivity contribution is 5.81. The molecule has 0 unspecified atom stereocenters. The first-order valence-corrected chi connectivity index (χ1v) is 8.67. The van der Waals surface area contributed by atoms with Gasteiger partial charge in [0, 0.05) is 19.8 Å². The number of aromatic amines is 1. The lowest BCUT2D eigenvalue weighted by molar-refractivity contribution is 0.183. The molecule has 8 nitrogen and oxygen atoms in total. The Morgan fingerprint density at radius 2 is 2.12 bits per heavy atom. The second-order valence-electron chi connectivity index (χ2n) is 6.77. The summed E-state index contributed by atoms with van der Waals surface area (Å²) in [5, 5.41) is 0. The van der Waals surface area contributed by atoms with Crippen LogP contribution in [0, 0.1) is 11.8 Å². The van der Waals surface area contributed by atoms with Crippen LogP contribution in [0.4, 0.5) is 5.82 Å².